The van der Waals surface area contributed by atoms with Crippen molar-refractivity contribution < 1.29 is 9.53 Å². The summed E-state index contributed by atoms with van der Waals surface area (Å²) in [6, 6.07) is 17.7. The molecule has 0 radical (unpaired) electrons. The Balaban J connectivity index is 1.72. The summed E-state index contributed by atoms with van der Waals surface area (Å²) in [5, 5.41) is 22.7. The van der Waals surface area contributed by atoms with Gasteiger partial charge in [-0.1, -0.05) is 12.1 Å². The number of anilines is 3. The van der Waals surface area contributed by atoms with E-state index in [9.17, 15) is 4.79 Å². The molecule has 3 aromatic rings. The topological polar surface area (TPSA) is 99.9 Å². The van der Waals surface area contributed by atoms with E-state index in [0.717, 1.165) is 11.3 Å². The lowest BCUT2D eigenvalue weighted by molar-refractivity contribution is 0.102. The Morgan fingerprint density at radius 2 is 1.96 bits per heavy atom. The molecule has 2 aromatic carbocycles. The molecule has 7 heteroatoms. The van der Waals surface area contributed by atoms with Crippen molar-refractivity contribution >= 4 is 23.1 Å². The summed E-state index contributed by atoms with van der Waals surface area (Å²) in [5.41, 5.74) is 2.98. The van der Waals surface area contributed by atoms with Crippen molar-refractivity contribution in [3.63, 3.8) is 0 Å². The molecule has 1 amide bonds. The average molecular weight is 359 g/mol. The normalized spacial score (nSPS) is 9.96. The van der Waals surface area contributed by atoms with E-state index in [-0.39, 0.29) is 5.69 Å². The van der Waals surface area contributed by atoms with Crippen molar-refractivity contribution in [2.75, 3.05) is 17.7 Å². The second kappa shape index (κ2) is 7.97. The number of carbonyl (C=O) groups is 1. The molecule has 0 unspecified atom stereocenters. The highest BCUT2D eigenvalue weighted by Crippen LogP contribution is 2.27. The van der Waals surface area contributed by atoms with E-state index in [1.54, 1.807) is 43.5 Å². The molecule has 0 atom stereocenters. The van der Waals surface area contributed by atoms with Crippen LogP contribution in [0.1, 0.15) is 21.6 Å². The first-order valence-corrected chi connectivity index (χ1v) is 8.16. The summed E-state index contributed by atoms with van der Waals surface area (Å²) in [6.45, 7) is 1.98. The quantitative estimate of drug-likeness (QED) is 0.721. The van der Waals surface area contributed by atoms with Crippen LogP contribution in [0.5, 0.6) is 5.75 Å². The summed E-state index contributed by atoms with van der Waals surface area (Å²) in [6.07, 6.45) is 0. The number of amides is 1. The van der Waals surface area contributed by atoms with Gasteiger partial charge in [-0.15, -0.1) is 10.2 Å². The zero-order valence-electron chi connectivity index (χ0n) is 14.9. The van der Waals surface area contributed by atoms with Gasteiger partial charge in [0, 0.05) is 5.69 Å². The maximum Gasteiger partial charge on any atom is 0.276 e. The molecule has 0 aliphatic carbocycles. The fourth-order valence-electron chi connectivity index (χ4n) is 2.44. The third kappa shape index (κ3) is 4.38. The lowest BCUT2D eigenvalue weighted by atomic mass is 10.2. The van der Waals surface area contributed by atoms with Gasteiger partial charge in [-0.05, 0) is 55.0 Å². The van der Waals surface area contributed by atoms with Crippen LogP contribution in [0.25, 0.3) is 0 Å². The van der Waals surface area contributed by atoms with Gasteiger partial charge in [0.15, 0.2) is 11.5 Å². The molecule has 0 bridgehead atoms. The molecular weight excluding hydrogens is 342 g/mol. The molecule has 0 aliphatic rings. The van der Waals surface area contributed by atoms with Crippen LogP contribution < -0.4 is 15.4 Å². The number of nitrogens with zero attached hydrogens (tertiary/aromatic N) is 3. The third-order valence-electron chi connectivity index (χ3n) is 3.76. The van der Waals surface area contributed by atoms with Gasteiger partial charge >= 0.3 is 0 Å². The second-order valence-electron chi connectivity index (χ2n) is 5.78. The number of carbonyl (C=O) groups excluding carboxylic acids is 1. The van der Waals surface area contributed by atoms with Crippen molar-refractivity contribution in [2.45, 2.75) is 6.92 Å². The first-order chi connectivity index (χ1) is 13.1. The molecule has 0 saturated heterocycles. The van der Waals surface area contributed by atoms with Gasteiger partial charge < -0.3 is 15.4 Å². The fourth-order valence-corrected chi connectivity index (χ4v) is 2.44. The van der Waals surface area contributed by atoms with Crippen molar-refractivity contribution in [1.82, 2.24) is 10.2 Å². The van der Waals surface area contributed by atoms with Crippen LogP contribution in [0, 0.1) is 18.3 Å². The Hall–Kier alpha value is -3.92. The van der Waals surface area contributed by atoms with Crippen LogP contribution in [0.2, 0.25) is 0 Å². The predicted octanol–water partition coefficient (Wildman–Crippen LogP) is 3.66. The average Bonchev–Trinajstić information content (AvgIpc) is 2.69. The second-order valence-corrected chi connectivity index (χ2v) is 5.78. The van der Waals surface area contributed by atoms with E-state index in [2.05, 4.69) is 20.8 Å². The van der Waals surface area contributed by atoms with Crippen LogP contribution >= 0.6 is 0 Å². The van der Waals surface area contributed by atoms with Crippen molar-refractivity contribution in [3.05, 3.63) is 71.4 Å². The van der Waals surface area contributed by atoms with E-state index in [1.807, 2.05) is 31.2 Å². The number of hydrogen-bond acceptors (Lipinski definition) is 6. The molecule has 1 aromatic heterocycles. The van der Waals surface area contributed by atoms with Gasteiger partial charge in [0.05, 0.1) is 24.4 Å². The minimum atomic E-state index is -0.405. The number of rotatable bonds is 5. The standard InChI is InChI=1S/C20H17N5O2/c1-13-6-8-18(27-2)17(10-13)23-19-9-7-16(24-25-19)20(26)22-15-5-3-4-14(11-15)12-21/h3-11H,1-2H3,(H,22,26)(H,23,25). The Kier molecular flexibility index (Phi) is 5.28. The summed E-state index contributed by atoms with van der Waals surface area (Å²) >= 11 is 0. The summed E-state index contributed by atoms with van der Waals surface area (Å²) in [5.74, 6) is 0.765. The molecule has 3 rings (SSSR count). The van der Waals surface area contributed by atoms with E-state index in [0.29, 0.717) is 22.8 Å². The molecule has 7 nitrogen and oxygen atoms in total. The lowest BCUT2D eigenvalue weighted by Gasteiger charge is -2.11. The van der Waals surface area contributed by atoms with E-state index in [4.69, 9.17) is 10.00 Å². The number of benzene rings is 2. The van der Waals surface area contributed by atoms with Gasteiger partial charge in [-0.3, -0.25) is 4.79 Å². The van der Waals surface area contributed by atoms with Crippen molar-refractivity contribution in [1.29, 1.82) is 5.26 Å². The van der Waals surface area contributed by atoms with Crippen LogP contribution in [0.4, 0.5) is 17.2 Å². The van der Waals surface area contributed by atoms with Gasteiger partial charge in [-0.25, -0.2) is 0 Å². The molecule has 2 N–H and O–H groups in total. The number of methoxy groups -OCH3 is 1. The molecule has 0 saturated carbocycles. The number of aryl methyl sites for hydroxylation is 1. The smallest absolute Gasteiger partial charge is 0.276 e. The molecule has 134 valence electrons. The molecule has 0 fully saturated rings. The summed E-state index contributed by atoms with van der Waals surface area (Å²) in [7, 11) is 1.59. The van der Waals surface area contributed by atoms with Crippen LogP contribution in [-0.2, 0) is 0 Å². The minimum Gasteiger partial charge on any atom is -0.495 e. The summed E-state index contributed by atoms with van der Waals surface area (Å²) < 4.78 is 5.32. The van der Waals surface area contributed by atoms with Crippen molar-refractivity contribution in [2.24, 2.45) is 0 Å². The van der Waals surface area contributed by atoms with Crippen molar-refractivity contribution in [3.8, 4) is 11.8 Å². The zero-order valence-corrected chi connectivity index (χ0v) is 14.9. The Labute approximate surface area is 156 Å². The number of nitrogens with one attached hydrogen (secondary N) is 2. The van der Waals surface area contributed by atoms with E-state index >= 15 is 0 Å². The summed E-state index contributed by atoms with van der Waals surface area (Å²) in [4.78, 5) is 12.3. The van der Waals surface area contributed by atoms with E-state index in [1.165, 1.54) is 0 Å². The highest BCUT2D eigenvalue weighted by atomic mass is 16.5. The first kappa shape index (κ1) is 17.9. The maximum atomic E-state index is 12.3. The highest BCUT2D eigenvalue weighted by molar-refractivity contribution is 6.02. The predicted molar refractivity (Wildman–Crippen MR) is 102 cm³/mol. The van der Waals surface area contributed by atoms with Gasteiger partial charge in [0.1, 0.15) is 5.75 Å². The fraction of sp³-hybridized carbons (Fsp3) is 0.100. The van der Waals surface area contributed by atoms with Crippen LogP contribution in [0.15, 0.2) is 54.6 Å². The van der Waals surface area contributed by atoms with E-state index < -0.39 is 5.91 Å². The number of ether oxygens (including phenoxy) is 1. The molecular formula is C20H17N5O2. The molecule has 0 aliphatic heterocycles. The Morgan fingerprint density at radius 3 is 2.67 bits per heavy atom. The Bertz CT molecular complexity index is 1010. The molecule has 0 spiro atoms. The number of nitriles is 1. The minimum absolute atomic E-state index is 0.166. The first-order valence-electron chi connectivity index (χ1n) is 8.16. The Morgan fingerprint density at radius 1 is 1.11 bits per heavy atom. The van der Waals surface area contributed by atoms with Gasteiger partial charge in [0.2, 0.25) is 0 Å². The monoisotopic (exact) mass is 359 g/mol. The number of aromatic nitrogens is 2. The highest BCUT2D eigenvalue weighted by Gasteiger charge is 2.10. The third-order valence-corrected chi connectivity index (χ3v) is 3.76. The number of hydrogen-bond donors (Lipinski definition) is 2. The van der Waals surface area contributed by atoms with Crippen LogP contribution in [0.3, 0.4) is 0 Å². The van der Waals surface area contributed by atoms with Gasteiger partial charge in [-0.2, -0.15) is 5.26 Å². The molecule has 1 heterocycles. The maximum absolute atomic E-state index is 12.3. The van der Waals surface area contributed by atoms with Gasteiger partial charge in [0.25, 0.3) is 5.91 Å². The molecule has 27 heavy (non-hydrogen) atoms. The zero-order chi connectivity index (χ0) is 19.2. The van der Waals surface area contributed by atoms with Crippen LogP contribution in [-0.4, -0.2) is 23.2 Å². The lowest BCUT2D eigenvalue weighted by Crippen LogP contribution is -2.14. The largest absolute Gasteiger partial charge is 0.495 e. The SMILES string of the molecule is COc1ccc(C)cc1Nc1ccc(C(=O)Nc2cccc(C#N)c2)nn1.